The van der Waals surface area contributed by atoms with E-state index in [0.717, 1.165) is 0 Å². The van der Waals surface area contributed by atoms with Gasteiger partial charge in [-0.3, -0.25) is 4.98 Å². The number of hydrogen-bond acceptors (Lipinski definition) is 6. The Kier molecular flexibility index (Phi) is 4.71. The van der Waals surface area contributed by atoms with Gasteiger partial charge < -0.3 is 19.3 Å². The lowest BCUT2D eigenvalue weighted by Gasteiger charge is -2.14. The highest BCUT2D eigenvalue weighted by Crippen LogP contribution is 2.28. The molecular formula is C11H15NO5. The van der Waals surface area contributed by atoms with Crippen molar-refractivity contribution in [2.45, 2.75) is 12.5 Å². The van der Waals surface area contributed by atoms with Gasteiger partial charge in [0.2, 0.25) is 0 Å². The maximum absolute atomic E-state index is 11.1. The second-order valence-electron chi connectivity index (χ2n) is 3.27. The van der Waals surface area contributed by atoms with Gasteiger partial charge in [-0.25, -0.2) is 4.79 Å². The summed E-state index contributed by atoms with van der Waals surface area (Å²) in [6.07, 6.45) is 1.76. The molecule has 0 amide bonds. The lowest BCUT2D eigenvalue weighted by Crippen LogP contribution is -2.24. The van der Waals surface area contributed by atoms with Gasteiger partial charge in [0.1, 0.15) is 11.5 Å². The van der Waals surface area contributed by atoms with Gasteiger partial charge in [-0.2, -0.15) is 0 Å². The summed E-state index contributed by atoms with van der Waals surface area (Å²) in [5.41, 5.74) is 0.572. The van der Waals surface area contributed by atoms with E-state index >= 15 is 0 Å². The molecule has 6 heteroatoms. The summed E-state index contributed by atoms with van der Waals surface area (Å²) in [7, 11) is 4.17. The number of nitrogens with zero attached hydrogens (tertiary/aromatic N) is 1. The molecule has 1 aromatic heterocycles. The van der Waals surface area contributed by atoms with Gasteiger partial charge in [-0.1, -0.05) is 0 Å². The average Bonchev–Trinajstić information content (AvgIpc) is 2.37. The van der Waals surface area contributed by atoms with Gasteiger partial charge in [0.05, 0.1) is 33.7 Å². The molecule has 0 spiro atoms. The Labute approximate surface area is 99.1 Å². The maximum Gasteiger partial charge on any atom is 0.335 e. The van der Waals surface area contributed by atoms with Crippen LogP contribution in [-0.2, 0) is 16.0 Å². The number of carbonyl (C=O) groups excluding carboxylic acids is 1. The molecule has 1 heterocycles. The van der Waals surface area contributed by atoms with Gasteiger partial charge in [-0.05, 0) is 0 Å². The largest absolute Gasteiger partial charge is 0.495 e. The van der Waals surface area contributed by atoms with Crippen molar-refractivity contribution in [3.63, 3.8) is 0 Å². The number of hydrogen-bond donors (Lipinski definition) is 1. The van der Waals surface area contributed by atoms with E-state index in [0.29, 0.717) is 17.1 Å². The van der Waals surface area contributed by atoms with Crippen molar-refractivity contribution in [1.29, 1.82) is 0 Å². The van der Waals surface area contributed by atoms with Crippen molar-refractivity contribution in [2.24, 2.45) is 0 Å². The van der Waals surface area contributed by atoms with Gasteiger partial charge in [0, 0.05) is 12.0 Å². The molecule has 0 radical (unpaired) electrons. The highest BCUT2D eigenvalue weighted by molar-refractivity contribution is 5.75. The minimum atomic E-state index is -1.26. The summed E-state index contributed by atoms with van der Waals surface area (Å²) in [5.74, 6) is 0.200. The number of carbonyl (C=O) groups is 1. The number of aromatic nitrogens is 1. The minimum Gasteiger partial charge on any atom is -0.495 e. The molecule has 6 nitrogen and oxygen atoms in total. The SMILES string of the molecule is COC(=O)C(O)Cc1c(OC)cncc1OC. The van der Waals surface area contributed by atoms with Gasteiger partial charge in [-0.15, -0.1) is 0 Å². The zero-order chi connectivity index (χ0) is 12.8. The second-order valence-corrected chi connectivity index (χ2v) is 3.27. The third-order valence-electron chi connectivity index (χ3n) is 2.29. The van der Waals surface area contributed by atoms with Gasteiger partial charge in [0.25, 0.3) is 0 Å². The first kappa shape index (κ1) is 13.2. The first-order chi connectivity index (χ1) is 8.13. The topological polar surface area (TPSA) is 77.9 Å². The number of rotatable bonds is 5. The first-order valence-corrected chi connectivity index (χ1v) is 4.94. The lowest BCUT2D eigenvalue weighted by molar-refractivity contribution is -0.150. The first-order valence-electron chi connectivity index (χ1n) is 4.94. The Bertz CT molecular complexity index is 371. The molecule has 0 saturated heterocycles. The molecule has 1 aromatic rings. The summed E-state index contributed by atoms with van der Waals surface area (Å²) in [6.45, 7) is 0. The standard InChI is InChI=1S/C11H15NO5/c1-15-9-5-12-6-10(16-2)7(9)4-8(13)11(14)17-3/h5-6,8,13H,4H2,1-3H3. The van der Waals surface area contributed by atoms with Gasteiger partial charge in [0.15, 0.2) is 6.10 Å². The molecule has 1 N–H and O–H groups in total. The molecule has 0 aliphatic heterocycles. The summed E-state index contributed by atoms with van der Waals surface area (Å²) >= 11 is 0. The van der Waals surface area contributed by atoms with Crippen molar-refractivity contribution in [1.82, 2.24) is 4.98 Å². The van der Waals surface area contributed by atoms with Crippen LogP contribution >= 0.6 is 0 Å². The molecule has 17 heavy (non-hydrogen) atoms. The fraction of sp³-hybridized carbons (Fsp3) is 0.455. The molecule has 0 bridgehead atoms. The Morgan fingerprint density at radius 3 is 2.24 bits per heavy atom. The Balaban J connectivity index is 2.99. The van der Waals surface area contributed by atoms with Crippen LogP contribution in [0.2, 0.25) is 0 Å². The summed E-state index contributed by atoms with van der Waals surface area (Å²) in [6, 6.07) is 0. The number of pyridine rings is 1. The van der Waals surface area contributed by atoms with Crippen LogP contribution in [0.3, 0.4) is 0 Å². The number of aliphatic hydroxyl groups excluding tert-OH is 1. The fourth-order valence-electron chi connectivity index (χ4n) is 1.42. The molecule has 94 valence electrons. The van der Waals surface area contributed by atoms with E-state index in [1.165, 1.54) is 33.7 Å². The van der Waals surface area contributed by atoms with Crippen LogP contribution in [0.1, 0.15) is 5.56 Å². The molecule has 0 aromatic carbocycles. The van der Waals surface area contributed by atoms with Gasteiger partial charge >= 0.3 is 5.97 Å². The molecular weight excluding hydrogens is 226 g/mol. The van der Waals surface area contributed by atoms with Crippen molar-refractivity contribution >= 4 is 5.97 Å². The molecule has 0 aliphatic rings. The highest BCUT2D eigenvalue weighted by Gasteiger charge is 2.21. The number of methoxy groups -OCH3 is 3. The zero-order valence-corrected chi connectivity index (χ0v) is 9.97. The van der Waals surface area contributed by atoms with E-state index in [-0.39, 0.29) is 6.42 Å². The average molecular weight is 241 g/mol. The molecule has 0 aliphatic carbocycles. The van der Waals surface area contributed by atoms with Crippen molar-refractivity contribution < 1.29 is 24.1 Å². The van der Waals surface area contributed by atoms with Crippen LogP contribution in [-0.4, -0.2) is 43.5 Å². The quantitative estimate of drug-likeness (QED) is 0.741. The molecule has 1 rings (SSSR count). The number of ether oxygens (including phenoxy) is 3. The van der Waals surface area contributed by atoms with E-state index in [1.807, 2.05) is 0 Å². The van der Waals surface area contributed by atoms with E-state index in [4.69, 9.17) is 9.47 Å². The van der Waals surface area contributed by atoms with Crippen molar-refractivity contribution in [3.05, 3.63) is 18.0 Å². The summed E-state index contributed by atoms with van der Waals surface area (Å²) in [4.78, 5) is 15.1. The summed E-state index contributed by atoms with van der Waals surface area (Å²) in [5, 5.41) is 9.60. The van der Waals surface area contributed by atoms with Crippen LogP contribution in [0.25, 0.3) is 0 Å². The van der Waals surface area contributed by atoms with Crippen molar-refractivity contribution in [2.75, 3.05) is 21.3 Å². The Morgan fingerprint density at radius 1 is 1.29 bits per heavy atom. The van der Waals surface area contributed by atoms with E-state index in [2.05, 4.69) is 9.72 Å². The number of aliphatic hydroxyl groups is 1. The van der Waals surface area contributed by atoms with Crippen molar-refractivity contribution in [3.8, 4) is 11.5 Å². The Hall–Kier alpha value is -1.82. The second kappa shape index (κ2) is 6.05. The minimum absolute atomic E-state index is 0.0432. The highest BCUT2D eigenvalue weighted by atomic mass is 16.5. The van der Waals surface area contributed by atoms with Crippen LogP contribution in [0.5, 0.6) is 11.5 Å². The fourth-order valence-corrected chi connectivity index (χ4v) is 1.42. The predicted octanol–water partition coefficient (Wildman–Crippen LogP) is 0.175. The maximum atomic E-state index is 11.1. The zero-order valence-electron chi connectivity index (χ0n) is 9.97. The molecule has 0 saturated carbocycles. The smallest absolute Gasteiger partial charge is 0.335 e. The van der Waals surface area contributed by atoms with Crippen LogP contribution < -0.4 is 9.47 Å². The molecule has 1 atom stereocenters. The lowest BCUT2D eigenvalue weighted by atomic mass is 10.1. The normalized spacial score (nSPS) is 11.8. The Morgan fingerprint density at radius 2 is 1.82 bits per heavy atom. The van der Waals surface area contributed by atoms with E-state index in [9.17, 15) is 9.90 Å². The van der Waals surface area contributed by atoms with Crippen LogP contribution in [0.15, 0.2) is 12.4 Å². The van der Waals surface area contributed by atoms with Crippen LogP contribution in [0.4, 0.5) is 0 Å². The molecule has 0 fully saturated rings. The van der Waals surface area contributed by atoms with Crippen LogP contribution in [0, 0.1) is 0 Å². The van der Waals surface area contributed by atoms with E-state index in [1.54, 1.807) is 0 Å². The summed E-state index contributed by atoms with van der Waals surface area (Å²) < 4.78 is 14.6. The van der Waals surface area contributed by atoms with E-state index < -0.39 is 12.1 Å². The third-order valence-corrected chi connectivity index (χ3v) is 2.29. The predicted molar refractivity (Wildman–Crippen MR) is 59.1 cm³/mol. The number of esters is 1. The third kappa shape index (κ3) is 3.07. The monoisotopic (exact) mass is 241 g/mol. The molecule has 1 unspecified atom stereocenters.